The van der Waals surface area contributed by atoms with Gasteiger partial charge in [0.25, 0.3) is 0 Å². The van der Waals surface area contributed by atoms with Gasteiger partial charge in [-0.2, -0.15) is 10.1 Å². The van der Waals surface area contributed by atoms with Crippen molar-refractivity contribution < 1.29 is 14.6 Å². The van der Waals surface area contributed by atoms with Gasteiger partial charge in [-0.25, -0.2) is 9.78 Å². The topological polar surface area (TPSA) is 128 Å². The van der Waals surface area contributed by atoms with E-state index < -0.39 is 0 Å². The summed E-state index contributed by atoms with van der Waals surface area (Å²) >= 11 is 0. The second kappa shape index (κ2) is 8.86. The number of hydrogen-bond acceptors (Lipinski definition) is 7. The van der Waals surface area contributed by atoms with E-state index in [1.807, 2.05) is 31.2 Å². The molecule has 0 radical (unpaired) electrons. The number of hydrogen-bond donors (Lipinski definition) is 4. The van der Waals surface area contributed by atoms with E-state index in [2.05, 4.69) is 32.7 Å². The number of nitrogens with zero attached hydrogens (tertiary/aromatic N) is 4. The molecule has 1 aliphatic rings. The molecular weight excluding hydrogens is 398 g/mol. The molecule has 1 unspecified atom stereocenters. The maximum atomic E-state index is 11.6. The van der Waals surface area contributed by atoms with Crippen molar-refractivity contribution in [3.8, 4) is 11.3 Å². The Morgan fingerprint density at radius 2 is 2.13 bits per heavy atom. The first-order chi connectivity index (χ1) is 15.0. The van der Waals surface area contributed by atoms with E-state index in [0.717, 1.165) is 22.3 Å². The summed E-state index contributed by atoms with van der Waals surface area (Å²) < 4.78 is 5.56. The molecule has 0 saturated carbocycles. The lowest BCUT2D eigenvalue weighted by atomic mass is 10.0. The quantitative estimate of drug-likeness (QED) is 0.493. The van der Waals surface area contributed by atoms with Crippen LogP contribution in [-0.4, -0.2) is 70.8 Å². The molecule has 2 amide bonds. The highest BCUT2D eigenvalue weighted by Gasteiger charge is 2.25. The van der Waals surface area contributed by atoms with Crippen LogP contribution in [0.1, 0.15) is 25.5 Å². The lowest BCUT2D eigenvalue weighted by molar-refractivity contribution is 0.0981. The van der Waals surface area contributed by atoms with Gasteiger partial charge >= 0.3 is 6.03 Å². The van der Waals surface area contributed by atoms with Crippen molar-refractivity contribution >= 4 is 28.7 Å². The highest BCUT2D eigenvalue weighted by molar-refractivity contribution is 5.94. The molecule has 3 aromatic rings. The number of ether oxygens (including phenoxy) is 1. The number of aromatic nitrogens is 4. The van der Waals surface area contributed by atoms with Crippen LogP contribution in [0.25, 0.3) is 22.3 Å². The third-order valence-corrected chi connectivity index (χ3v) is 5.44. The van der Waals surface area contributed by atoms with Crippen LogP contribution in [0.2, 0.25) is 0 Å². The molecule has 2 atom stereocenters. The standard InChI is InChI=1S/C21H27N7O3/c1-12(10-29)17-16-18(14-4-6-15(7-5-14)23-21(30)22-3)24-20(25-19(16)27-26-17)28-8-9-31-11-13(28)2/h4-7,12-13,29H,8-11H2,1-3H3,(H2,22,23,30)(H,24,25,26,27)/t12?,13-/m1/s1. The lowest BCUT2D eigenvalue weighted by Gasteiger charge is -2.33. The predicted octanol–water partition coefficient (Wildman–Crippen LogP) is 2.09. The van der Waals surface area contributed by atoms with Crippen molar-refractivity contribution in [3.05, 3.63) is 30.0 Å². The van der Waals surface area contributed by atoms with Gasteiger partial charge in [0.1, 0.15) is 0 Å². The molecular formula is C21H27N7O3. The Labute approximate surface area is 180 Å². The SMILES string of the molecule is CNC(=O)Nc1ccc(-c2nc(N3CCOC[C@H]3C)nc3[nH]nc(C(C)CO)c23)cc1. The molecule has 2 aromatic heterocycles. The number of urea groups is 1. The minimum Gasteiger partial charge on any atom is -0.396 e. The average molecular weight is 425 g/mol. The van der Waals surface area contributed by atoms with Gasteiger partial charge in [-0.1, -0.05) is 19.1 Å². The molecule has 31 heavy (non-hydrogen) atoms. The number of benzene rings is 1. The number of aliphatic hydroxyl groups excluding tert-OH is 1. The number of morpholine rings is 1. The zero-order valence-corrected chi connectivity index (χ0v) is 17.8. The zero-order valence-electron chi connectivity index (χ0n) is 17.8. The number of fused-ring (bicyclic) bond motifs is 1. The maximum absolute atomic E-state index is 11.6. The monoisotopic (exact) mass is 425 g/mol. The normalized spacial score (nSPS) is 17.5. The fraction of sp³-hybridized carbons (Fsp3) is 0.429. The third-order valence-electron chi connectivity index (χ3n) is 5.44. The Balaban J connectivity index is 1.82. The van der Waals surface area contributed by atoms with Crippen LogP contribution in [0.15, 0.2) is 24.3 Å². The number of nitrogens with one attached hydrogen (secondary N) is 3. The van der Waals surface area contributed by atoms with Gasteiger partial charge in [0.05, 0.1) is 42.6 Å². The van der Waals surface area contributed by atoms with Crippen molar-refractivity contribution in [2.45, 2.75) is 25.8 Å². The van der Waals surface area contributed by atoms with Crippen LogP contribution in [0.4, 0.5) is 16.4 Å². The van der Waals surface area contributed by atoms with Gasteiger partial charge in [0.2, 0.25) is 5.95 Å². The highest BCUT2D eigenvalue weighted by Crippen LogP contribution is 2.33. The van der Waals surface area contributed by atoms with Crippen LogP contribution in [0.3, 0.4) is 0 Å². The van der Waals surface area contributed by atoms with Crippen LogP contribution in [-0.2, 0) is 4.74 Å². The number of aromatic amines is 1. The van der Waals surface area contributed by atoms with E-state index in [1.165, 1.54) is 0 Å². The van der Waals surface area contributed by atoms with Crippen LogP contribution in [0, 0.1) is 0 Å². The van der Waals surface area contributed by atoms with Crippen molar-refractivity contribution in [1.29, 1.82) is 0 Å². The van der Waals surface area contributed by atoms with Gasteiger partial charge in [-0.3, -0.25) is 5.10 Å². The van der Waals surface area contributed by atoms with Gasteiger partial charge in [-0.05, 0) is 19.1 Å². The summed E-state index contributed by atoms with van der Waals surface area (Å²) in [6.07, 6.45) is 0. The number of aliphatic hydroxyl groups is 1. The molecule has 10 nitrogen and oxygen atoms in total. The molecule has 0 bridgehead atoms. The first-order valence-electron chi connectivity index (χ1n) is 10.3. The Hall–Kier alpha value is -3.24. The highest BCUT2D eigenvalue weighted by atomic mass is 16.5. The Bertz CT molecular complexity index is 1070. The number of H-pyrrole nitrogens is 1. The average Bonchev–Trinajstić information content (AvgIpc) is 3.23. The van der Waals surface area contributed by atoms with Gasteiger partial charge < -0.3 is 25.4 Å². The van der Waals surface area contributed by atoms with E-state index in [4.69, 9.17) is 14.7 Å². The zero-order chi connectivity index (χ0) is 22.0. The minimum atomic E-state index is -0.283. The second-order valence-corrected chi connectivity index (χ2v) is 7.69. The number of carbonyl (C=O) groups excluding carboxylic acids is 1. The molecule has 10 heteroatoms. The van der Waals surface area contributed by atoms with Crippen molar-refractivity contribution in [3.63, 3.8) is 0 Å². The number of rotatable bonds is 5. The van der Waals surface area contributed by atoms with E-state index in [-0.39, 0.29) is 24.6 Å². The summed E-state index contributed by atoms with van der Waals surface area (Å²) in [5.41, 5.74) is 3.62. The van der Waals surface area contributed by atoms with Gasteiger partial charge in [0, 0.05) is 30.8 Å². The molecule has 164 valence electrons. The number of anilines is 2. The summed E-state index contributed by atoms with van der Waals surface area (Å²) in [5, 5.41) is 23.2. The summed E-state index contributed by atoms with van der Waals surface area (Å²) in [7, 11) is 1.57. The Morgan fingerprint density at radius 3 is 2.81 bits per heavy atom. The van der Waals surface area contributed by atoms with Crippen molar-refractivity contribution in [2.24, 2.45) is 0 Å². The van der Waals surface area contributed by atoms with E-state index >= 15 is 0 Å². The van der Waals surface area contributed by atoms with E-state index in [0.29, 0.717) is 37.0 Å². The van der Waals surface area contributed by atoms with E-state index in [1.54, 1.807) is 7.05 Å². The largest absolute Gasteiger partial charge is 0.396 e. The van der Waals surface area contributed by atoms with Crippen molar-refractivity contribution in [1.82, 2.24) is 25.5 Å². The molecule has 4 rings (SSSR count). The molecule has 1 aliphatic heterocycles. The Kier molecular flexibility index (Phi) is 6.01. The van der Waals surface area contributed by atoms with Crippen LogP contribution in [0.5, 0.6) is 0 Å². The third kappa shape index (κ3) is 4.17. The molecule has 1 aromatic carbocycles. The maximum Gasteiger partial charge on any atom is 0.318 e. The number of carbonyl (C=O) groups is 1. The van der Waals surface area contributed by atoms with Crippen LogP contribution >= 0.6 is 0 Å². The molecule has 1 fully saturated rings. The first kappa shape index (κ1) is 21.0. The van der Waals surface area contributed by atoms with E-state index in [9.17, 15) is 9.90 Å². The fourth-order valence-electron chi connectivity index (χ4n) is 3.65. The van der Waals surface area contributed by atoms with Gasteiger partial charge in [0.15, 0.2) is 5.65 Å². The van der Waals surface area contributed by atoms with Crippen LogP contribution < -0.4 is 15.5 Å². The summed E-state index contributed by atoms with van der Waals surface area (Å²) in [6, 6.07) is 7.32. The minimum absolute atomic E-state index is 0.0311. The molecule has 4 N–H and O–H groups in total. The molecule has 3 heterocycles. The number of amides is 2. The molecule has 1 saturated heterocycles. The molecule has 0 aliphatic carbocycles. The summed E-state index contributed by atoms with van der Waals surface area (Å²) in [4.78, 5) is 23.4. The summed E-state index contributed by atoms with van der Waals surface area (Å²) in [5.74, 6) is 0.441. The van der Waals surface area contributed by atoms with Crippen molar-refractivity contribution in [2.75, 3.05) is 43.6 Å². The first-order valence-corrected chi connectivity index (χ1v) is 10.3. The lowest BCUT2D eigenvalue weighted by Crippen LogP contribution is -2.44. The van der Waals surface area contributed by atoms with Gasteiger partial charge in [-0.15, -0.1) is 0 Å². The fourth-order valence-corrected chi connectivity index (χ4v) is 3.65. The smallest absolute Gasteiger partial charge is 0.318 e. The Morgan fingerprint density at radius 1 is 1.35 bits per heavy atom. The summed E-state index contributed by atoms with van der Waals surface area (Å²) in [6.45, 7) is 5.90. The molecule has 0 spiro atoms. The second-order valence-electron chi connectivity index (χ2n) is 7.69. The predicted molar refractivity (Wildman–Crippen MR) is 118 cm³/mol.